The minimum absolute atomic E-state index is 0.276. The van der Waals surface area contributed by atoms with Crippen LogP contribution in [0.5, 0.6) is 5.75 Å². The molecule has 1 N–H and O–H groups in total. The third-order valence-corrected chi connectivity index (χ3v) is 2.96. The molecule has 0 aliphatic heterocycles. The number of fused-ring (bicyclic) bond motifs is 1. The van der Waals surface area contributed by atoms with Crippen LogP contribution in [0.25, 0.3) is 16.6 Å². The monoisotopic (exact) mass is 294 g/mol. The van der Waals surface area contributed by atoms with E-state index in [4.69, 9.17) is 0 Å². The third kappa shape index (κ3) is 2.62. The molecular weight excluding hydrogens is 285 g/mol. The first-order valence-electron chi connectivity index (χ1n) is 5.99. The fourth-order valence-electron chi connectivity index (χ4n) is 2.06. The van der Waals surface area contributed by atoms with Crippen molar-refractivity contribution in [3.05, 3.63) is 59.1 Å². The van der Waals surface area contributed by atoms with E-state index in [-0.39, 0.29) is 11.3 Å². The molecule has 3 aromatic rings. The lowest BCUT2D eigenvalue weighted by atomic mass is 10.2. The number of aromatic nitrogens is 2. The lowest BCUT2D eigenvalue weighted by Gasteiger charge is -2.10. The molecule has 0 radical (unpaired) electrons. The zero-order valence-corrected chi connectivity index (χ0v) is 10.5. The highest BCUT2D eigenvalue weighted by atomic mass is 19.4. The standard InChI is InChI=1S/C14H9F3N2O2/c15-14(16,17)21-11-3-1-10(2-4-11)19-8-6-9-5-7-18-12(9)13(19)20/h1-8,18H. The van der Waals surface area contributed by atoms with Crippen LogP contribution < -0.4 is 10.3 Å². The van der Waals surface area contributed by atoms with Crippen molar-refractivity contribution in [3.63, 3.8) is 0 Å². The van der Waals surface area contributed by atoms with Crippen LogP contribution in [0.3, 0.4) is 0 Å². The van der Waals surface area contributed by atoms with Gasteiger partial charge in [0.2, 0.25) is 0 Å². The van der Waals surface area contributed by atoms with Crippen LogP contribution in [0.4, 0.5) is 13.2 Å². The summed E-state index contributed by atoms with van der Waals surface area (Å²) in [5.74, 6) is -0.333. The normalized spacial score (nSPS) is 11.8. The van der Waals surface area contributed by atoms with Crippen molar-refractivity contribution >= 4 is 10.9 Å². The Morgan fingerprint density at radius 1 is 1.05 bits per heavy atom. The van der Waals surface area contributed by atoms with Crippen molar-refractivity contribution in [2.45, 2.75) is 6.36 Å². The van der Waals surface area contributed by atoms with Gasteiger partial charge in [0.25, 0.3) is 5.56 Å². The van der Waals surface area contributed by atoms with Gasteiger partial charge in [-0.25, -0.2) is 0 Å². The van der Waals surface area contributed by atoms with Gasteiger partial charge in [-0.2, -0.15) is 0 Å². The van der Waals surface area contributed by atoms with Gasteiger partial charge in [0.05, 0.1) is 0 Å². The number of hydrogen-bond acceptors (Lipinski definition) is 2. The van der Waals surface area contributed by atoms with E-state index in [0.717, 1.165) is 17.5 Å². The summed E-state index contributed by atoms with van der Waals surface area (Å²) in [7, 11) is 0. The first-order chi connectivity index (χ1) is 9.94. The molecule has 0 spiro atoms. The average molecular weight is 294 g/mol. The molecule has 0 unspecified atom stereocenters. The predicted octanol–water partition coefficient (Wildman–Crippen LogP) is 3.22. The number of benzene rings is 1. The molecule has 1 aromatic carbocycles. The lowest BCUT2D eigenvalue weighted by Crippen LogP contribution is -2.18. The number of halogens is 3. The second-order valence-electron chi connectivity index (χ2n) is 4.34. The second-order valence-corrected chi connectivity index (χ2v) is 4.34. The fourth-order valence-corrected chi connectivity index (χ4v) is 2.06. The summed E-state index contributed by atoms with van der Waals surface area (Å²) < 4.78 is 41.4. The highest BCUT2D eigenvalue weighted by Gasteiger charge is 2.30. The Hall–Kier alpha value is -2.70. The van der Waals surface area contributed by atoms with E-state index in [1.54, 1.807) is 24.5 Å². The largest absolute Gasteiger partial charge is 0.573 e. The molecule has 21 heavy (non-hydrogen) atoms. The lowest BCUT2D eigenvalue weighted by molar-refractivity contribution is -0.274. The molecule has 0 saturated carbocycles. The average Bonchev–Trinajstić information content (AvgIpc) is 2.88. The van der Waals surface area contributed by atoms with Crippen molar-refractivity contribution in [2.24, 2.45) is 0 Å². The number of pyridine rings is 1. The number of H-pyrrole nitrogens is 1. The van der Waals surface area contributed by atoms with Gasteiger partial charge in [-0.05, 0) is 36.4 Å². The topological polar surface area (TPSA) is 47.0 Å². The van der Waals surface area contributed by atoms with Gasteiger partial charge in [0, 0.05) is 23.5 Å². The van der Waals surface area contributed by atoms with Crippen LogP contribution in [0.1, 0.15) is 0 Å². The summed E-state index contributed by atoms with van der Waals surface area (Å²) in [6.45, 7) is 0. The molecule has 108 valence electrons. The van der Waals surface area contributed by atoms with E-state index in [0.29, 0.717) is 11.2 Å². The van der Waals surface area contributed by atoms with Crippen LogP contribution >= 0.6 is 0 Å². The SMILES string of the molecule is O=c1c2[nH]ccc2ccn1-c1ccc(OC(F)(F)F)cc1. The molecule has 0 fully saturated rings. The molecule has 2 heterocycles. The van der Waals surface area contributed by atoms with Crippen molar-refractivity contribution < 1.29 is 17.9 Å². The van der Waals surface area contributed by atoms with E-state index in [1.165, 1.54) is 16.7 Å². The number of hydrogen-bond donors (Lipinski definition) is 1. The first-order valence-corrected chi connectivity index (χ1v) is 5.99. The molecule has 0 aliphatic rings. The summed E-state index contributed by atoms with van der Waals surface area (Å²) >= 11 is 0. The first kappa shape index (κ1) is 13.3. The van der Waals surface area contributed by atoms with Crippen LogP contribution in [-0.2, 0) is 0 Å². The molecule has 0 amide bonds. The Kier molecular flexibility index (Phi) is 2.97. The van der Waals surface area contributed by atoms with E-state index in [1.807, 2.05) is 0 Å². The Morgan fingerprint density at radius 3 is 2.43 bits per heavy atom. The number of rotatable bonds is 2. The number of nitrogens with zero attached hydrogens (tertiary/aromatic N) is 1. The summed E-state index contributed by atoms with van der Waals surface area (Å²) in [6.07, 6.45) is -1.52. The van der Waals surface area contributed by atoms with Crippen molar-refractivity contribution in [2.75, 3.05) is 0 Å². The van der Waals surface area contributed by atoms with Crippen LogP contribution in [0, 0.1) is 0 Å². The summed E-state index contributed by atoms with van der Waals surface area (Å²) in [4.78, 5) is 15.1. The molecular formula is C14H9F3N2O2. The number of aromatic amines is 1. The Morgan fingerprint density at radius 2 is 1.76 bits per heavy atom. The number of nitrogens with one attached hydrogen (secondary N) is 1. The van der Waals surface area contributed by atoms with Crippen LogP contribution in [0.2, 0.25) is 0 Å². The molecule has 0 saturated heterocycles. The minimum Gasteiger partial charge on any atom is -0.406 e. The van der Waals surface area contributed by atoms with E-state index in [9.17, 15) is 18.0 Å². The van der Waals surface area contributed by atoms with E-state index < -0.39 is 6.36 Å². The molecule has 2 aromatic heterocycles. The zero-order chi connectivity index (χ0) is 15.0. The Labute approximate surface area is 116 Å². The maximum atomic E-state index is 12.2. The number of alkyl halides is 3. The van der Waals surface area contributed by atoms with Gasteiger partial charge in [-0.3, -0.25) is 9.36 Å². The minimum atomic E-state index is -4.73. The second kappa shape index (κ2) is 4.69. The van der Waals surface area contributed by atoms with Gasteiger partial charge < -0.3 is 9.72 Å². The summed E-state index contributed by atoms with van der Waals surface area (Å²) in [6, 6.07) is 8.60. The zero-order valence-electron chi connectivity index (χ0n) is 10.5. The smallest absolute Gasteiger partial charge is 0.406 e. The predicted molar refractivity (Wildman–Crippen MR) is 70.6 cm³/mol. The maximum absolute atomic E-state index is 12.2. The molecule has 7 heteroatoms. The van der Waals surface area contributed by atoms with Gasteiger partial charge >= 0.3 is 6.36 Å². The third-order valence-electron chi connectivity index (χ3n) is 2.96. The Balaban J connectivity index is 1.99. The van der Waals surface area contributed by atoms with Crippen LogP contribution in [-0.4, -0.2) is 15.9 Å². The van der Waals surface area contributed by atoms with Crippen LogP contribution in [0.15, 0.2) is 53.6 Å². The van der Waals surface area contributed by atoms with Crippen molar-refractivity contribution in [3.8, 4) is 11.4 Å². The van der Waals surface area contributed by atoms with Crippen molar-refractivity contribution in [1.29, 1.82) is 0 Å². The summed E-state index contributed by atoms with van der Waals surface area (Å²) in [5.41, 5.74) is 0.612. The molecule has 0 bridgehead atoms. The maximum Gasteiger partial charge on any atom is 0.573 e. The molecule has 0 aliphatic carbocycles. The van der Waals surface area contributed by atoms with Gasteiger partial charge in [-0.15, -0.1) is 13.2 Å². The van der Waals surface area contributed by atoms with Crippen molar-refractivity contribution in [1.82, 2.24) is 9.55 Å². The van der Waals surface area contributed by atoms with Gasteiger partial charge in [0.15, 0.2) is 0 Å². The van der Waals surface area contributed by atoms with E-state index >= 15 is 0 Å². The quantitative estimate of drug-likeness (QED) is 0.789. The highest BCUT2D eigenvalue weighted by molar-refractivity contribution is 5.78. The molecule has 0 atom stereocenters. The summed E-state index contributed by atoms with van der Waals surface area (Å²) in [5, 5.41) is 0.772. The fraction of sp³-hybridized carbons (Fsp3) is 0.0714. The van der Waals surface area contributed by atoms with Gasteiger partial charge in [0.1, 0.15) is 11.3 Å². The molecule has 4 nitrogen and oxygen atoms in total. The Bertz CT molecular complexity index is 832. The molecule has 3 rings (SSSR count). The van der Waals surface area contributed by atoms with E-state index in [2.05, 4.69) is 9.72 Å². The highest BCUT2D eigenvalue weighted by Crippen LogP contribution is 2.23. The van der Waals surface area contributed by atoms with Gasteiger partial charge in [-0.1, -0.05) is 0 Å². The number of ether oxygens (including phenoxy) is 1.